The molecule has 4 heteroatoms. The van der Waals surface area contributed by atoms with Gasteiger partial charge in [-0.15, -0.1) is 0 Å². The molecule has 0 aromatic heterocycles. The van der Waals surface area contributed by atoms with Crippen LogP contribution in [0.15, 0.2) is 24.3 Å². The molecule has 0 unspecified atom stereocenters. The smallest absolute Gasteiger partial charge is 0.224 e. The number of benzene rings is 1. The van der Waals surface area contributed by atoms with Gasteiger partial charge in [-0.05, 0) is 38.4 Å². The van der Waals surface area contributed by atoms with Crippen LogP contribution in [0, 0.1) is 0 Å². The van der Waals surface area contributed by atoms with Gasteiger partial charge in [0.25, 0.3) is 0 Å². The lowest BCUT2D eigenvalue weighted by molar-refractivity contribution is -0.115. The fourth-order valence-electron chi connectivity index (χ4n) is 1.23. The largest absolute Gasteiger partial charge is 0.492 e. The highest BCUT2D eigenvalue weighted by molar-refractivity contribution is 5.90. The van der Waals surface area contributed by atoms with Gasteiger partial charge in [0, 0.05) is 18.7 Å². The molecule has 1 aromatic rings. The van der Waals surface area contributed by atoms with Crippen molar-refractivity contribution in [1.82, 2.24) is 4.90 Å². The average molecular weight is 236 g/mol. The number of nitrogens with one attached hydrogen (secondary N) is 1. The van der Waals surface area contributed by atoms with Crippen LogP contribution in [0.3, 0.4) is 0 Å². The summed E-state index contributed by atoms with van der Waals surface area (Å²) in [4.78, 5) is 13.2. The van der Waals surface area contributed by atoms with Crippen molar-refractivity contribution in [2.75, 3.05) is 32.6 Å². The van der Waals surface area contributed by atoms with Crippen molar-refractivity contribution in [3.8, 4) is 5.75 Å². The van der Waals surface area contributed by atoms with Gasteiger partial charge in [0.2, 0.25) is 5.91 Å². The molecule has 0 aliphatic carbocycles. The van der Waals surface area contributed by atoms with Crippen molar-refractivity contribution >= 4 is 11.6 Å². The Labute approximate surface area is 103 Å². The van der Waals surface area contributed by atoms with Crippen molar-refractivity contribution in [2.24, 2.45) is 0 Å². The second-order valence-corrected chi connectivity index (χ2v) is 4.08. The summed E-state index contributed by atoms with van der Waals surface area (Å²) in [6.07, 6.45) is 0.487. The van der Waals surface area contributed by atoms with Gasteiger partial charge < -0.3 is 15.0 Å². The Bertz CT molecular complexity index is 347. The van der Waals surface area contributed by atoms with Crippen LogP contribution in [0.4, 0.5) is 5.69 Å². The summed E-state index contributed by atoms with van der Waals surface area (Å²) in [5.74, 6) is 0.840. The first-order valence-corrected chi connectivity index (χ1v) is 5.79. The third-order valence-electron chi connectivity index (χ3n) is 2.27. The minimum absolute atomic E-state index is 0.0197. The Kier molecular flexibility index (Phi) is 5.49. The highest BCUT2D eigenvalue weighted by Crippen LogP contribution is 2.15. The van der Waals surface area contributed by atoms with Gasteiger partial charge in [-0.2, -0.15) is 0 Å². The lowest BCUT2D eigenvalue weighted by atomic mass is 10.3. The summed E-state index contributed by atoms with van der Waals surface area (Å²) in [6.45, 7) is 3.37. The maximum Gasteiger partial charge on any atom is 0.224 e. The quantitative estimate of drug-likeness (QED) is 0.821. The number of nitrogens with zero attached hydrogens (tertiary/aromatic N) is 1. The van der Waals surface area contributed by atoms with Crippen LogP contribution < -0.4 is 10.1 Å². The van der Waals surface area contributed by atoms with Gasteiger partial charge in [0.1, 0.15) is 12.4 Å². The van der Waals surface area contributed by atoms with E-state index in [1.54, 1.807) is 0 Å². The molecular weight excluding hydrogens is 216 g/mol. The van der Waals surface area contributed by atoms with Crippen molar-refractivity contribution in [3.63, 3.8) is 0 Å². The highest BCUT2D eigenvalue weighted by atomic mass is 16.5. The number of carbonyl (C=O) groups excluding carboxylic acids is 1. The average Bonchev–Trinajstić information content (AvgIpc) is 2.31. The molecule has 1 aromatic carbocycles. The van der Waals surface area contributed by atoms with E-state index in [0.29, 0.717) is 13.0 Å². The van der Waals surface area contributed by atoms with Crippen LogP contribution in [-0.2, 0) is 4.79 Å². The van der Waals surface area contributed by atoms with Gasteiger partial charge in [0.15, 0.2) is 0 Å². The zero-order chi connectivity index (χ0) is 12.7. The third-order valence-corrected chi connectivity index (χ3v) is 2.27. The Morgan fingerprint density at radius 1 is 1.29 bits per heavy atom. The Balaban J connectivity index is 2.42. The summed E-state index contributed by atoms with van der Waals surface area (Å²) in [5.41, 5.74) is 0.803. The van der Waals surface area contributed by atoms with Crippen molar-refractivity contribution in [2.45, 2.75) is 13.3 Å². The molecule has 0 aliphatic heterocycles. The minimum Gasteiger partial charge on any atom is -0.492 e. The molecule has 0 spiro atoms. The van der Waals surface area contributed by atoms with Gasteiger partial charge in [-0.25, -0.2) is 0 Å². The number of rotatable bonds is 6. The molecule has 0 aliphatic rings. The van der Waals surface area contributed by atoms with Crippen LogP contribution in [-0.4, -0.2) is 38.1 Å². The standard InChI is InChI=1S/C13H20N2O2/c1-4-13(16)14-11-5-7-12(8-6-11)17-10-9-15(2)3/h5-8H,4,9-10H2,1-3H3,(H,14,16). The summed E-state index contributed by atoms with van der Waals surface area (Å²) >= 11 is 0. The van der Waals surface area contributed by atoms with E-state index in [9.17, 15) is 4.79 Å². The molecule has 0 fully saturated rings. The normalized spacial score (nSPS) is 10.4. The van der Waals surface area contributed by atoms with Crippen LogP contribution in [0.5, 0.6) is 5.75 Å². The zero-order valence-electron chi connectivity index (χ0n) is 10.7. The lowest BCUT2D eigenvalue weighted by Gasteiger charge is -2.11. The lowest BCUT2D eigenvalue weighted by Crippen LogP contribution is -2.19. The summed E-state index contributed by atoms with van der Waals surface area (Å²) in [6, 6.07) is 7.42. The minimum atomic E-state index is 0.0197. The number of ether oxygens (including phenoxy) is 1. The number of likely N-dealkylation sites (N-methyl/N-ethyl adjacent to an activating group) is 1. The third kappa shape index (κ3) is 5.36. The topological polar surface area (TPSA) is 41.6 Å². The number of hydrogen-bond acceptors (Lipinski definition) is 3. The number of hydrogen-bond donors (Lipinski definition) is 1. The molecule has 0 atom stereocenters. The first-order chi connectivity index (χ1) is 8.11. The summed E-state index contributed by atoms with van der Waals surface area (Å²) in [7, 11) is 4.01. The van der Waals surface area contributed by atoms with Crippen molar-refractivity contribution in [3.05, 3.63) is 24.3 Å². The van der Waals surface area contributed by atoms with Crippen LogP contribution in [0.2, 0.25) is 0 Å². The highest BCUT2D eigenvalue weighted by Gasteiger charge is 1.99. The maximum atomic E-state index is 11.2. The number of amides is 1. The van der Waals surface area contributed by atoms with E-state index in [2.05, 4.69) is 10.2 Å². The molecule has 0 radical (unpaired) electrons. The molecule has 4 nitrogen and oxygen atoms in total. The second kappa shape index (κ2) is 6.91. The molecule has 1 rings (SSSR count). The fraction of sp³-hybridized carbons (Fsp3) is 0.462. The van der Waals surface area contributed by atoms with Crippen LogP contribution >= 0.6 is 0 Å². The predicted molar refractivity (Wildman–Crippen MR) is 69.4 cm³/mol. The second-order valence-electron chi connectivity index (χ2n) is 4.08. The summed E-state index contributed by atoms with van der Waals surface area (Å²) < 4.78 is 5.55. The first kappa shape index (κ1) is 13.5. The molecular formula is C13H20N2O2. The van der Waals surface area contributed by atoms with Gasteiger partial charge >= 0.3 is 0 Å². The molecule has 1 N–H and O–H groups in total. The molecule has 0 saturated carbocycles. The van der Waals surface area contributed by atoms with Gasteiger partial charge in [0.05, 0.1) is 0 Å². The van der Waals surface area contributed by atoms with E-state index < -0.39 is 0 Å². The van der Waals surface area contributed by atoms with Crippen molar-refractivity contribution < 1.29 is 9.53 Å². The molecule has 0 saturated heterocycles. The zero-order valence-corrected chi connectivity index (χ0v) is 10.7. The summed E-state index contributed by atoms with van der Waals surface area (Å²) in [5, 5.41) is 2.79. The molecule has 0 heterocycles. The van der Waals surface area contributed by atoms with E-state index in [4.69, 9.17) is 4.74 Å². The fourth-order valence-corrected chi connectivity index (χ4v) is 1.23. The van der Waals surface area contributed by atoms with Crippen molar-refractivity contribution in [1.29, 1.82) is 0 Å². The number of carbonyl (C=O) groups is 1. The van der Waals surface area contributed by atoms with E-state index in [1.807, 2.05) is 45.3 Å². The number of anilines is 1. The van der Waals surface area contributed by atoms with E-state index in [0.717, 1.165) is 18.0 Å². The van der Waals surface area contributed by atoms with E-state index >= 15 is 0 Å². The molecule has 1 amide bonds. The molecule has 0 bridgehead atoms. The van der Waals surface area contributed by atoms with E-state index in [-0.39, 0.29) is 5.91 Å². The predicted octanol–water partition coefficient (Wildman–Crippen LogP) is 1.98. The Morgan fingerprint density at radius 2 is 1.94 bits per heavy atom. The Morgan fingerprint density at radius 3 is 2.47 bits per heavy atom. The Hall–Kier alpha value is -1.55. The maximum absolute atomic E-state index is 11.2. The monoisotopic (exact) mass is 236 g/mol. The molecule has 94 valence electrons. The first-order valence-electron chi connectivity index (χ1n) is 5.79. The molecule has 17 heavy (non-hydrogen) atoms. The van der Waals surface area contributed by atoms with Crippen LogP contribution in [0.25, 0.3) is 0 Å². The van der Waals surface area contributed by atoms with Gasteiger partial charge in [-0.1, -0.05) is 6.92 Å². The van der Waals surface area contributed by atoms with E-state index in [1.165, 1.54) is 0 Å². The van der Waals surface area contributed by atoms with Gasteiger partial charge in [-0.3, -0.25) is 4.79 Å². The SMILES string of the molecule is CCC(=O)Nc1ccc(OCCN(C)C)cc1. The van der Waals surface area contributed by atoms with Crippen LogP contribution in [0.1, 0.15) is 13.3 Å².